The van der Waals surface area contributed by atoms with Gasteiger partial charge in [0.05, 0.1) is 18.2 Å². The fourth-order valence-electron chi connectivity index (χ4n) is 4.51. The highest BCUT2D eigenvalue weighted by Crippen LogP contribution is 2.39. The monoisotopic (exact) mass is 514 g/mol. The van der Waals surface area contributed by atoms with Crippen LogP contribution >= 0.6 is 0 Å². The molecular formula is C31H34N2O5. The van der Waals surface area contributed by atoms with Crippen molar-refractivity contribution in [2.45, 2.75) is 26.5 Å². The van der Waals surface area contributed by atoms with Crippen LogP contribution in [0.25, 0.3) is 5.76 Å². The molecule has 0 aliphatic carbocycles. The number of hydrogen-bond donors (Lipinski definition) is 1. The fraction of sp³-hybridized carbons (Fsp3) is 0.290. The first-order valence-corrected chi connectivity index (χ1v) is 12.7. The number of carbonyl (C=O) groups is 2. The molecule has 0 unspecified atom stereocenters. The summed E-state index contributed by atoms with van der Waals surface area (Å²) in [7, 11) is 3.82. The van der Waals surface area contributed by atoms with E-state index >= 15 is 0 Å². The van der Waals surface area contributed by atoms with Crippen molar-refractivity contribution in [2.75, 3.05) is 33.8 Å². The van der Waals surface area contributed by atoms with Crippen LogP contribution in [-0.2, 0) is 16.2 Å². The molecular weight excluding hydrogens is 480 g/mol. The number of aliphatic hydroxyl groups is 1. The van der Waals surface area contributed by atoms with Crippen molar-refractivity contribution in [3.05, 3.63) is 101 Å². The molecule has 38 heavy (non-hydrogen) atoms. The molecule has 4 rings (SSSR count). The number of carbonyl (C=O) groups excluding carboxylic acids is 2. The van der Waals surface area contributed by atoms with Gasteiger partial charge in [0.1, 0.15) is 23.9 Å². The maximum atomic E-state index is 13.2. The zero-order chi connectivity index (χ0) is 27.2. The molecule has 1 atom stereocenters. The Hall–Kier alpha value is -4.10. The minimum atomic E-state index is -0.706. The minimum Gasteiger partial charge on any atom is -0.507 e. The second kappa shape index (κ2) is 12.0. The van der Waals surface area contributed by atoms with E-state index in [1.807, 2.05) is 75.3 Å². The lowest BCUT2D eigenvalue weighted by Crippen LogP contribution is -2.35. The van der Waals surface area contributed by atoms with Gasteiger partial charge in [0.15, 0.2) is 0 Å². The molecule has 0 spiro atoms. The van der Waals surface area contributed by atoms with E-state index in [4.69, 9.17) is 9.47 Å². The number of likely N-dealkylation sites (tertiary alicyclic amines) is 1. The van der Waals surface area contributed by atoms with Crippen molar-refractivity contribution in [2.24, 2.45) is 0 Å². The van der Waals surface area contributed by atoms with Gasteiger partial charge in [-0.15, -0.1) is 0 Å². The van der Waals surface area contributed by atoms with Gasteiger partial charge in [0.25, 0.3) is 11.7 Å². The third kappa shape index (κ3) is 6.06. The van der Waals surface area contributed by atoms with Crippen molar-refractivity contribution < 1.29 is 24.2 Å². The quantitative estimate of drug-likeness (QED) is 0.234. The summed E-state index contributed by atoms with van der Waals surface area (Å²) in [6, 6.07) is 21.6. The first kappa shape index (κ1) is 26.9. The number of benzene rings is 3. The Morgan fingerprint density at radius 3 is 2.24 bits per heavy atom. The lowest BCUT2D eigenvalue weighted by molar-refractivity contribution is -0.140. The summed E-state index contributed by atoms with van der Waals surface area (Å²) in [4.78, 5) is 29.8. The highest BCUT2D eigenvalue weighted by atomic mass is 16.5. The lowest BCUT2D eigenvalue weighted by Gasteiger charge is -2.26. The molecule has 1 heterocycles. The molecule has 0 aromatic heterocycles. The molecule has 0 radical (unpaired) electrons. The van der Waals surface area contributed by atoms with E-state index in [1.165, 1.54) is 4.90 Å². The summed E-state index contributed by atoms with van der Waals surface area (Å²) in [5.74, 6) is -0.189. The molecule has 1 aliphatic heterocycles. The maximum Gasteiger partial charge on any atom is 0.295 e. The predicted molar refractivity (Wildman–Crippen MR) is 147 cm³/mol. The highest BCUT2D eigenvalue weighted by Gasteiger charge is 2.45. The molecule has 1 fully saturated rings. The minimum absolute atomic E-state index is 0.0753. The maximum absolute atomic E-state index is 13.2. The van der Waals surface area contributed by atoms with E-state index in [-0.39, 0.29) is 11.3 Å². The largest absolute Gasteiger partial charge is 0.507 e. The molecule has 0 saturated carbocycles. The molecule has 198 valence electrons. The van der Waals surface area contributed by atoms with Crippen molar-refractivity contribution in [3.8, 4) is 11.5 Å². The van der Waals surface area contributed by atoms with Gasteiger partial charge in [-0.1, -0.05) is 42.0 Å². The van der Waals surface area contributed by atoms with Crippen LogP contribution in [0.15, 0.2) is 78.4 Å². The topological polar surface area (TPSA) is 79.3 Å². The van der Waals surface area contributed by atoms with Crippen LogP contribution in [0.1, 0.15) is 35.2 Å². The van der Waals surface area contributed by atoms with E-state index in [9.17, 15) is 14.7 Å². The van der Waals surface area contributed by atoms with Crippen LogP contribution in [0.3, 0.4) is 0 Å². The predicted octanol–water partition coefficient (Wildman–Crippen LogP) is 4.96. The Balaban J connectivity index is 1.64. The average molecular weight is 515 g/mol. The summed E-state index contributed by atoms with van der Waals surface area (Å²) in [6.07, 6.45) is 0. The van der Waals surface area contributed by atoms with Crippen LogP contribution < -0.4 is 9.47 Å². The highest BCUT2D eigenvalue weighted by molar-refractivity contribution is 6.46. The summed E-state index contributed by atoms with van der Waals surface area (Å²) >= 11 is 0. The van der Waals surface area contributed by atoms with Crippen LogP contribution in [0.5, 0.6) is 11.5 Å². The van der Waals surface area contributed by atoms with E-state index in [0.29, 0.717) is 43.4 Å². The Bertz CT molecular complexity index is 1310. The number of Topliss-reactive ketones (excluding diaryl/α,β-unsaturated/α-hetero) is 1. The number of aryl methyl sites for hydroxylation is 1. The zero-order valence-corrected chi connectivity index (χ0v) is 22.3. The lowest BCUT2D eigenvalue weighted by atomic mass is 9.95. The number of ether oxygens (including phenoxy) is 2. The van der Waals surface area contributed by atoms with Crippen LogP contribution in [0.4, 0.5) is 0 Å². The van der Waals surface area contributed by atoms with Gasteiger partial charge in [-0.2, -0.15) is 0 Å². The van der Waals surface area contributed by atoms with Gasteiger partial charge < -0.3 is 24.4 Å². The SMILES string of the molecule is CCOc1ccc([C@@H]2C(=C(O)c3ccc(OCc4cccc(C)c4)cc3)C(=O)C(=O)N2CCN(C)C)cc1. The summed E-state index contributed by atoms with van der Waals surface area (Å²) < 4.78 is 11.4. The second-order valence-corrected chi connectivity index (χ2v) is 9.60. The van der Waals surface area contributed by atoms with Gasteiger partial charge in [-0.25, -0.2) is 0 Å². The smallest absolute Gasteiger partial charge is 0.295 e. The summed E-state index contributed by atoms with van der Waals surface area (Å²) in [6.45, 7) is 5.81. The van der Waals surface area contributed by atoms with E-state index in [0.717, 1.165) is 16.7 Å². The van der Waals surface area contributed by atoms with Gasteiger partial charge in [0.2, 0.25) is 0 Å². The Morgan fingerprint density at radius 1 is 0.947 bits per heavy atom. The Labute approximate surface area is 223 Å². The third-order valence-electron chi connectivity index (χ3n) is 6.45. The normalized spacial score (nSPS) is 16.8. The number of nitrogens with zero attached hydrogens (tertiary/aromatic N) is 2. The Kier molecular flexibility index (Phi) is 8.48. The van der Waals surface area contributed by atoms with Crippen LogP contribution in [0.2, 0.25) is 0 Å². The van der Waals surface area contributed by atoms with Crippen molar-refractivity contribution in [1.29, 1.82) is 0 Å². The number of hydrogen-bond acceptors (Lipinski definition) is 6. The molecule has 1 saturated heterocycles. The average Bonchev–Trinajstić information content (AvgIpc) is 3.16. The number of aliphatic hydroxyl groups excluding tert-OH is 1. The molecule has 1 N–H and O–H groups in total. The first-order chi connectivity index (χ1) is 18.3. The number of likely N-dealkylation sites (N-methyl/N-ethyl adjacent to an activating group) is 1. The van der Waals surface area contributed by atoms with Crippen LogP contribution in [-0.4, -0.2) is 60.4 Å². The van der Waals surface area contributed by atoms with E-state index in [1.54, 1.807) is 24.3 Å². The molecule has 1 amide bonds. The van der Waals surface area contributed by atoms with Crippen molar-refractivity contribution in [1.82, 2.24) is 9.80 Å². The van der Waals surface area contributed by atoms with E-state index < -0.39 is 17.7 Å². The standard InChI is InChI=1S/C31H34N2O5/c1-5-37-25-13-9-23(10-14-25)28-27(30(35)31(36)33(28)18-17-32(3)4)29(34)24-11-15-26(16-12-24)38-20-22-8-6-7-21(2)19-22/h6-16,19,28,34H,5,17-18,20H2,1-4H3/t28-/m1/s1. The molecule has 7 nitrogen and oxygen atoms in total. The van der Waals surface area contributed by atoms with E-state index in [2.05, 4.69) is 6.07 Å². The van der Waals surface area contributed by atoms with Crippen LogP contribution in [0, 0.1) is 6.92 Å². The molecule has 3 aromatic carbocycles. The van der Waals surface area contributed by atoms with Gasteiger partial charge in [-0.3, -0.25) is 9.59 Å². The van der Waals surface area contributed by atoms with Crippen molar-refractivity contribution >= 4 is 17.4 Å². The molecule has 7 heteroatoms. The van der Waals surface area contributed by atoms with Gasteiger partial charge in [-0.05, 0) is 75.5 Å². The Morgan fingerprint density at radius 2 is 1.61 bits per heavy atom. The summed E-state index contributed by atoms with van der Waals surface area (Å²) in [5.41, 5.74) is 3.47. The molecule has 0 bridgehead atoms. The summed E-state index contributed by atoms with van der Waals surface area (Å²) in [5, 5.41) is 11.3. The molecule has 1 aliphatic rings. The number of rotatable bonds is 10. The van der Waals surface area contributed by atoms with Gasteiger partial charge in [0, 0.05) is 18.7 Å². The molecule has 3 aromatic rings. The zero-order valence-electron chi connectivity index (χ0n) is 22.3. The first-order valence-electron chi connectivity index (χ1n) is 12.7. The third-order valence-corrected chi connectivity index (χ3v) is 6.45. The van der Waals surface area contributed by atoms with Crippen molar-refractivity contribution in [3.63, 3.8) is 0 Å². The fourth-order valence-corrected chi connectivity index (χ4v) is 4.51. The number of amides is 1. The second-order valence-electron chi connectivity index (χ2n) is 9.60. The number of ketones is 1. The van der Waals surface area contributed by atoms with Gasteiger partial charge >= 0.3 is 0 Å².